The molecule has 11 heteroatoms. The highest BCUT2D eigenvalue weighted by Gasteiger charge is 2.56. The largest absolute Gasteiger partial charge is 0.414 e. The van der Waals surface area contributed by atoms with E-state index < -0.39 is 30.3 Å². The zero-order valence-electron chi connectivity index (χ0n) is 20.3. The molecular formula is C20H40O8S2Si. The summed E-state index contributed by atoms with van der Waals surface area (Å²) in [5.74, 6) is 0.0619. The van der Waals surface area contributed by atoms with E-state index in [0.29, 0.717) is 6.61 Å². The zero-order chi connectivity index (χ0) is 23.7. The van der Waals surface area contributed by atoms with Gasteiger partial charge in [-0.3, -0.25) is 4.18 Å². The van der Waals surface area contributed by atoms with Gasteiger partial charge in [0, 0.05) is 0 Å². The minimum absolute atomic E-state index is 0.0571. The Kier molecular flexibility index (Phi) is 9.11. The van der Waals surface area contributed by atoms with Gasteiger partial charge in [0.2, 0.25) is 0 Å². The lowest BCUT2D eigenvalue weighted by molar-refractivity contribution is -0.184. The van der Waals surface area contributed by atoms with Crippen molar-refractivity contribution < 1.29 is 36.0 Å². The molecule has 2 aliphatic heterocycles. The second-order valence-electron chi connectivity index (χ2n) is 10.00. The highest BCUT2D eigenvalue weighted by molar-refractivity contribution is 7.99. The molecule has 0 aliphatic carbocycles. The molecule has 0 saturated carbocycles. The van der Waals surface area contributed by atoms with Crippen molar-refractivity contribution in [3.8, 4) is 0 Å². The Labute approximate surface area is 193 Å². The summed E-state index contributed by atoms with van der Waals surface area (Å²) in [5, 5.41) is 0.0935. The van der Waals surface area contributed by atoms with Crippen LogP contribution in [0.1, 0.15) is 41.5 Å². The molecule has 0 unspecified atom stereocenters. The van der Waals surface area contributed by atoms with Crippen LogP contribution in [0.25, 0.3) is 0 Å². The summed E-state index contributed by atoms with van der Waals surface area (Å²) in [6.45, 7) is 17.4. The molecule has 0 bridgehead atoms. The lowest BCUT2D eigenvalue weighted by atomic mass is 10.0. The second kappa shape index (κ2) is 10.3. The molecule has 5 atom stereocenters. The number of ether oxygens (including phenoxy) is 4. The Balaban J connectivity index is 2.14. The van der Waals surface area contributed by atoms with Crippen LogP contribution >= 0.6 is 11.8 Å². The molecule has 0 aromatic heterocycles. The first kappa shape index (κ1) is 27.5. The Hall–Kier alpha value is 0.277. The molecule has 2 fully saturated rings. The maximum Gasteiger partial charge on any atom is 0.264 e. The minimum atomic E-state index is -3.51. The average Bonchev–Trinajstić information content (AvgIpc) is 2.91. The van der Waals surface area contributed by atoms with E-state index in [0.717, 1.165) is 12.0 Å². The normalized spacial score (nSPS) is 31.6. The topological polar surface area (TPSA) is 89.5 Å². The molecule has 31 heavy (non-hydrogen) atoms. The first-order valence-electron chi connectivity index (χ1n) is 10.8. The third-order valence-electron chi connectivity index (χ3n) is 5.87. The predicted octanol–water partition coefficient (Wildman–Crippen LogP) is 3.37. The van der Waals surface area contributed by atoms with Gasteiger partial charge in [-0.2, -0.15) is 8.42 Å². The number of hydrogen-bond donors (Lipinski definition) is 0. The van der Waals surface area contributed by atoms with Gasteiger partial charge in [0.1, 0.15) is 29.9 Å². The van der Waals surface area contributed by atoms with Crippen molar-refractivity contribution in [3.05, 3.63) is 0 Å². The molecule has 2 aliphatic rings. The summed E-state index contributed by atoms with van der Waals surface area (Å²) < 4.78 is 58.6. The third-order valence-corrected chi connectivity index (χ3v) is 12.0. The van der Waals surface area contributed by atoms with Crippen LogP contribution in [0, 0.1) is 0 Å². The summed E-state index contributed by atoms with van der Waals surface area (Å²) in [7, 11) is -5.47. The van der Waals surface area contributed by atoms with Gasteiger partial charge in [0.15, 0.2) is 14.1 Å². The van der Waals surface area contributed by atoms with Gasteiger partial charge in [-0.15, -0.1) is 11.8 Å². The maximum atomic E-state index is 11.2. The predicted molar refractivity (Wildman–Crippen MR) is 124 cm³/mol. The zero-order valence-corrected chi connectivity index (χ0v) is 22.9. The van der Waals surface area contributed by atoms with Gasteiger partial charge in [0.25, 0.3) is 10.1 Å². The van der Waals surface area contributed by atoms with Gasteiger partial charge in [-0.05, 0) is 37.7 Å². The van der Waals surface area contributed by atoms with E-state index >= 15 is 0 Å². The van der Waals surface area contributed by atoms with Gasteiger partial charge >= 0.3 is 0 Å². The van der Waals surface area contributed by atoms with Crippen LogP contribution in [0.4, 0.5) is 0 Å². The van der Waals surface area contributed by atoms with Crippen LogP contribution < -0.4 is 0 Å². The lowest BCUT2D eigenvalue weighted by Gasteiger charge is -2.43. The quantitative estimate of drug-likeness (QED) is 0.254. The highest BCUT2D eigenvalue weighted by atomic mass is 32.2. The van der Waals surface area contributed by atoms with Crippen molar-refractivity contribution in [1.82, 2.24) is 0 Å². The van der Waals surface area contributed by atoms with E-state index in [1.54, 1.807) is 11.8 Å². The second-order valence-corrected chi connectivity index (χ2v) is 17.8. The molecule has 184 valence electrons. The van der Waals surface area contributed by atoms with E-state index in [-0.39, 0.29) is 42.0 Å². The van der Waals surface area contributed by atoms with Gasteiger partial charge in [0.05, 0.1) is 26.1 Å². The first-order chi connectivity index (χ1) is 14.1. The lowest BCUT2D eigenvalue weighted by Crippen LogP contribution is -2.58. The average molecular weight is 501 g/mol. The Morgan fingerprint density at radius 3 is 2.26 bits per heavy atom. The van der Waals surface area contributed by atoms with Crippen LogP contribution in [0.5, 0.6) is 0 Å². The fourth-order valence-corrected chi connectivity index (χ4v) is 5.68. The number of fused-ring (bicyclic) bond motifs is 1. The van der Waals surface area contributed by atoms with Crippen LogP contribution in [-0.2, 0) is 37.7 Å². The summed E-state index contributed by atoms with van der Waals surface area (Å²) in [6.07, 6.45) is -0.360. The Morgan fingerprint density at radius 2 is 1.71 bits per heavy atom. The van der Waals surface area contributed by atoms with Crippen molar-refractivity contribution in [2.45, 2.75) is 95.3 Å². The highest BCUT2D eigenvalue weighted by Crippen LogP contribution is 2.42. The van der Waals surface area contributed by atoms with Crippen LogP contribution in [0.2, 0.25) is 18.1 Å². The molecule has 0 aromatic rings. The smallest absolute Gasteiger partial charge is 0.264 e. The molecule has 0 spiro atoms. The minimum Gasteiger partial charge on any atom is -0.414 e. The molecule has 0 amide bonds. The summed E-state index contributed by atoms with van der Waals surface area (Å²) in [6, 6.07) is 0. The van der Waals surface area contributed by atoms with Crippen LogP contribution in [-0.4, -0.2) is 84.2 Å². The van der Waals surface area contributed by atoms with E-state index in [4.69, 9.17) is 27.6 Å². The van der Waals surface area contributed by atoms with Crippen molar-refractivity contribution in [1.29, 1.82) is 0 Å². The molecule has 2 saturated heterocycles. The van der Waals surface area contributed by atoms with Crippen LogP contribution in [0.3, 0.4) is 0 Å². The molecule has 2 heterocycles. The molecular weight excluding hydrogens is 460 g/mol. The Morgan fingerprint density at radius 1 is 1.10 bits per heavy atom. The molecule has 0 aromatic carbocycles. The van der Waals surface area contributed by atoms with Crippen molar-refractivity contribution in [2.75, 3.05) is 31.8 Å². The summed E-state index contributed by atoms with van der Waals surface area (Å²) in [5.41, 5.74) is -0.282. The van der Waals surface area contributed by atoms with Crippen molar-refractivity contribution in [3.63, 3.8) is 0 Å². The standard InChI is InChI=1S/C20H40O8S2Si/c1-10-29-18-17(23-11-12-24-30(7,21)22)16-15(27-20(5,6)28-16)14(26-18)13-25-31(8,9)19(2,3)4/h14-18H,10-13H2,1-9H3/t14-,15+,16+,17-,18+/m1/s1. The Bertz CT molecular complexity index is 692. The molecule has 2 rings (SSSR count). The molecule has 0 N–H and O–H groups in total. The maximum absolute atomic E-state index is 11.2. The van der Waals surface area contributed by atoms with Crippen molar-refractivity contribution in [2.24, 2.45) is 0 Å². The van der Waals surface area contributed by atoms with Gasteiger partial charge in [-0.25, -0.2) is 0 Å². The van der Waals surface area contributed by atoms with Crippen molar-refractivity contribution >= 4 is 30.2 Å². The van der Waals surface area contributed by atoms with E-state index in [9.17, 15) is 8.42 Å². The number of thioether (sulfide) groups is 1. The van der Waals surface area contributed by atoms with Crippen LogP contribution in [0.15, 0.2) is 0 Å². The third kappa shape index (κ3) is 7.64. The molecule has 0 radical (unpaired) electrons. The number of hydrogen-bond acceptors (Lipinski definition) is 9. The SMILES string of the molecule is CCS[C@@H]1O[C@H](CO[Si](C)(C)C(C)(C)C)[C@@H]2OC(C)(C)O[C@@H]2[C@H]1OCCOS(C)(=O)=O. The van der Waals surface area contributed by atoms with Gasteiger partial charge in [-0.1, -0.05) is 27.7 Å². The first-order valence-corrected chi connectivity index (χ1v) is 16.6. The van der Waals surface area contributed by atoms with E-state index in [2.05, 4.69) is 40.8 Å². The monoisotopic (exact) mass is 500 g/mol. The number of rotatable bonds is 10. The fourth-order valence-electron chi connectivity index (χ4n) is 3.32. The van der Waals surface area contributed by atoms with E-state index in [1.807, 2.05) is 13.8 Å². The molecule has 8 nitrogen and oxygen atoms in total. The fraction of sp³-hybridized carbons (Fsp3) is 1.00. The van der Waals surface area contributed by atoms with E-state index in [1.165, 1.54) is 0 Å². The van der Waals surface area contributed by atoms with Gasteiger partial charge < -0.3 is 23.4 Å². The summed E-state index contributed by atoms with van der Waals surface area (Å²) >= 11 is 1.63. The summed E-state index contributed by atoms with van der Waals surface area (Å²) in [4.78, 5) is 0.